The zero-order chi connectivity index (χ0) is 28.6. The first-order chi connectivity index (χ1) is 19.2. The van der Waals surface area contributed by atoms with Gasteiger partial charge < -0.3 is 20.1 Å². The van der Waals surface area contributed by atoms with Crippen LogP contribution in [-0.2, 0) is 4.74 Å². The van der Waals surface area contributed by atoms with Crippen molar-refractivity contribution >= 4 is 17.5 Å². The molecular weight excluding hydrogens is 534 g/mol. The number of ether oxygens (including phenoxy) is 2. The summed E-state index contributed by atoms with van der Waals surface area (Å²) in [6, 6.07) is 7.44. The van der Waals surface area contributed by atoms with Crippen LogP contribution >= 0.6 is 0 Å². The van der Waals surface area contributed by atoms with Gasteiger partial charge in [-0.05, 0) is 35.9 Å². The van der Waals surface area contributed by atoms with Crippen molar-refractivity contribution in [2.75, 3.05) is 27.3 Å². The van der Waals surface area contributed by atoms with E-state index in [1.54, 1.807) is 0 Å². The zero-order valence-electron chi connectivity index (χ0n) is 21.3. The predicted molar refractivity (Wildman–Crippen MR) is 135 cm³/mol. The molecule has 1 saturated heterocycles. The van der Waals surface area contributed by atoms with E-state index in [1.807, 2.05) is 0 Å². The lowest BCUT2D eigenvalue weighted by atomic mass is 10.0. The van der Waals surface area contributed by atoms with Crippen LogP contribution in [0.5, 0.6) is 5.88 Å². The SMILES string of the molecule is CNC(=O)c1cc(-c2cnc3cc(-c4ccc(C(=O)NC)c(F)c4)c(O[C@H]4CCOC4)nn23)c(F)c(C(F)F)c1. The number of nitrogens with one attached hydrogen (secondary N) is 2. The highest BCUT2D eigenvalue weighted by Crippen LogP contribution is 2.36. The Bertz CT molecular complexity index is 1620. The summed E-state index contributed by atoms with van der Waals surface area (Å²) < 4.78 is 70.1. The maximum atomic E-state index is 15.3. The number of carbonyl (C=O) groups excluding carboxylic acids is 2. The molecule has 0 aliphatic carbocycles. The molecule has 0 saturated carbocycles. The third-order valence-corrected chi connectivity index (χ3v) is 6.48. The first kappa shape index (κ1) is 27.1. The van der Waals surface area contributed by atoms with Crippen molar-refractivity contribution in [3.63, 3.8) is 0 Å². The highest BCUT2D eigenvalue weighted by Gasteiger charge is 2.26. The number of carbonyl (C=O) groups is 2. The van der Waals surface area contributed by atoms with Crippen molar-refractivity contribution in [2.45, 2.75) is 19.0 Å². The summed E-state index contributed by atoms with van der Waals surface area (Å²) in [7, 11) is 2.71. The Morgan fingerprint density at radius 2 is 1.85 bits per heavy atom. The number of imidazole rings is 1. The Morgan fingerprint density at radius 3 is 2.50 bits per heavy atom. The highest BCUT2D eigenvalue weighted by molar-refractivity contribution is 5.96. The van der Waals surface area contributed by atoms with Crippen LogP contribution < -0.4 is 15.4 Å². The van der Waals surface area contributed by atoms with Crippen LogP contribution in [0.25, 0.3) is 28.0 Å². The minimum Gasteiger partial charge on any atom is -0.470 e. The van der Waals surface area contributed by atoms with Crippen LogP contribution in [0.1, 0.15) is 39.1 Å². The van der Waals surface area contributed by atoms with E-state index < -0.39 is 35.4 Å². The number of benzene rings is 2. The highest BCUT2D eigenvalue weighted by atomic mass is 19.3. The van der Waals surface area contributed by atoms with Gasteiger partial charge in [0.05, 0.1) is 36.2 Å². The van der Waals surface area contributed by atoms with Crippen LogP contribution in [0.2, 0.25) is 0 Å². The second kappa shape index (κ2) is 10.9. The molecule has 0 bridgehead atoms. The first-order valence-corrected chi connectivity index (χ1v) is 12.2. The number of aromatic nitrogens is 3. The Balaban J connectivity index is 1.69. The van der Waals surface area contributed by atoms with Crippen molar-refractivity contribution in [2.24, 2.45) is 0 Å². The van der Waals surface area contributed by atoms with Gasteiger partial charge in [-0.15, -0.1) is 5.10 Å². The molecular formula is C27H23F4N5O4. The molecule has 4 aromatic rings. The standard InChI is InChI=1S/C27H23F4N5O4/c1-32-25(37)14-7-18(23(29)19(8-14)24(30)31)21-11-34-22-10-17(13-3-4-16(20(28)9-13)26(38)33-2)27(35-36(21)22)40-15-5-6-39-12-15/h3-4,7-11,15,24H,5-6,12H2,1-2H3,(H,32,37)(H,33,38)/t15-/m0/s1. The number of alkyl halides is 2. The summed E-state index contributed by atoms with van der Waals surface area (Å²) in [6.45, 7) is 0.738. The molecule has 2 amide bonds. The third-order valence-electron chi connectivity index (χ3n) is 6.48. The minimum atomic E-state index is -3.18. The molecule has 2 N–H and O–H groups in total. The normalized spacial score (nSPS) is 15.0. The van der Waals surface area contributed by atoms with Gasteiger partial charge in [0, 0.05) is 37.2 Å². The van der Waals surface area contributed by atoms with Crippen LogP contribution in [-0.4, -0.2) is 59.8 Å². The predicted octanol–water partition coefficient (Wildman–Crippen LogP) is 4.17. The van der Waals surface area contributed by atoms with E-state index in [0.29, 0.717) is 24.2 Å². The second-order valence-corrected chi connectivity index (χ2v) is 8.96. The summed E-state index contributed by atoms with van der Waals surface area (Å²) in [5.74, 6) is -3.26. The topological polar surface area (TPSA) is 107 Å². The van der Waals surface area contributed by atoms with Gasteiger partial charge in [0.25, 0.3) is 18.2 Å². The van der Waals surface area contributed by atoms with Crippen LogP contribution in [0.3, 0.4) is 0 Å². The van der Waals surface area contributed by atoms with Crippen LogP contribution in [0, 0.1) is 11.6 Å². The number of hydrogen-bond acceptors (Lipinski definition) is 6. The van der Waals surface area contributed by atoms with Gasteiger partial charge in [-0.2, -0.15) is 0 Å². The van der Waals surface area contributed by atoms with E-state index in [0.717, 1.165) is 18.2 Å². The van der Waals surface area contributed by atoms with Gasteiger partial charge in [-0.3, -0.25) is 9.59 Å². The van der Waals surface area contributed by atoms with Crippen LogP contribution in [0.15, 0.2) is 42.6 Å². The quantitative estimate of drug-likeness (QED) is 0.331. The monoisotopic (exact) mass is 557 g/mol. The van der Waals surface area contributed by atoms with Crippen molar-refractivity contribution in [1.82, 2.24) is 25.2 Å². The molecule has 0 spiro atoms. The average molecular weight is 558 g/mol. The van der Waals surface area contributed by atoms with Crippen molar-refractivity contribution in [1.29, 1.82) is 0 Å². The number of nitrogens with zero attached hydrogens (tertiary/aromatic N) is 3. The molecule has 1 aliphatic rings. The molecule has 13 heteroatoms. The Hall–Kier alpha value is -4.52. The largest absolute Gasteiger partial charge is 0.470 e. The maximum Gasteiger partial charge on any atom is 0.266 e. The first-order valence-electron chi connectivity index (χ1n) is 12.2. The van der Waals surface area contributed by atoms with Gasteiger partial charge in [-0.25, -0.2) is 27.1 Å². The third kappa shape index (κ3) is 4.95. The molecule has 40 heavy (non-hydrogen) atoms. The summed E-state index contributed by atoms with van der Waals surface area (Å²) >= 11 is 0. The van der Waals surface area contributed by atoms with Gasteiger partial charge in [0.2, 0.25) is 5.88 Å². The fraction of sp³-hybridized carbons (Fsp3) is 0.259. The Kier molecular flexibility index (Phi) is 7.39. The Morgan fingerprint density at radius 1 is 1.07 bits per heavy atom. The minimum absolute atomic E-state index is 0.0135. The lowest BCUT2D eigenvalue weighted by Crippen LogP contribution is -2.19. The molecule has 0 radical (unpaired) electrons. The fourth-order valence-corrected chi connectivity index (χ4v) is 4.41. The van der Waals surface area contributed by atoms with Crippen molar-refractivity contribution in [3.05, 3.63) is 70.9 Å². The molecule has 1 atom stereocenters. The summed E-state index contributed by atoms with van der Waals surface area (Å²) in [5.41, 5.74) is -0.796. The average Bonchev–Trinajstić information content (AvgIpc) is 3.61. The molecule has 1 aliphatic heterocycles. The van der Waals surface area contributed by atoms with Gasteiger partial charge in [0.15, 0.2) is 5.65 Å². The summed E-state index contributed by atoms with van der Waals surface area (Å²) in [4.78, 5) is 28.4. The summed E-state index contributed by atoms with van der Waals surface area (Å²) in [5, 5.41) is 9.19. The van der Waals surface area contributed by atoms with E-state index >= 15 is 4.39 Å². The molecule has 9 nitrogen and oxygen atoms in total. The second-order valence-electron chi connectivity index (χ2n) is 8.96. The summed E-state index contributed by atoms with van der Waals surface area (Å²) in [6.07, 6.45) is -1.79. The van der Waals surface area contributed by atoms with Crippen molar-refractivity contribution in [3.8, 4) is 28.3 Å². The van der Waals surface area contributed by atoms with Crippen molar-refractivity contribution < 1.29 is 36.6 Å². The van der Waals surface area contributed by atoms with E-state index in [9.17, 15) is 22.8 Å². The van der Waals surface area contributed by atoms with E-state index in [-0.39, 0.29) is 46.6 Å². The molecule has 1 fully saturated rings. The van der Waals surface area contributed by atoms with Gasteiger partial charge >= 0.3 is 0 Å². The molecule has 3 heterocycles. The number of amides is 2. The Labute approximate surface area is 225 Å². The fourth-order valence-electron chi connectivity index (χ4n) is 4.41. The molecule has 208 valence electrons. The van der Waals surface area contributed by atoms with Gasteiger partial charge in [-0.1, -0.05) is 6.07 Å². The molecule has 2 aromatic heterocycles. The number of fused-ring (bicyclic) bond motifs is 1. The van der Waals surface area contributed by atoms with Crippen LogP contribution in [0.4, 0.5) is 17.6 Å². The lowest BCUT2D eigenvalue weighted by molar-refractivity contribution is 0.0952. The van der Waals surface area contributed by atoms with E-state index in [1.165, 1.54) is 43.0 Å². The van der Waals surface area contributed by atoms with Gasteiger partial charge in [0.1, 0.15) is 17.7 Å². The number of halogens is 4. The smallest absolute Gasteiger partial charge is 0.266 e. The zero-order valence-corrected chi connectivity index (χ0v) is 21.3. The van der Waals surface area contributed by atoms with E-state index in [2.05, 4.69) is 20.7 Å². The number of rotatable bonds is 7. The molecule has 0 unspecified atom stereocenters. The molecule has 2 aromatic carbocycles. The maximum absolute atomic E-state index is 15.3. The van der Waals surface area contributed by atoms with E-state index in [4.69, 9.17) is 9.47 Å². The lowest BCUT2D eigenvalue weighted by Gasteiger charge is -2.16. The molecule has 5 rings (SSSR count). The number of hydrogen-bond donors (Lipinski definition) is 2.